The summed E-state index contributed by atoms with van der Waals surface area (Å²) in [5, 5.41) is 18.1. The van der Waals surface area contributed by atoms with Gasteiger partial charge < -0.3 is 20.6 Å². The average Bonchev–Trinajstić information content (AvgIpc) is 3.31. The fraction of sp³-hybridized carbons (Fsp3) is 0.368. The number of aliphatic imine (C=N–C) groups is 1. The zero-order valence-electron chi connectivity index (χ0n) is 14.9. The van der Waals surface area contributed by atoms with Crippen molar-refractivity contribution in [3.05, 3.63) is 46.4 Å². The van der Waals surface area contributed by atoms with E-state index < -0.39 is 5.82 Å². The molecule has 1 aromatic carbocycles. The molecule has 1 aliphatic rings. The number of nitrogens with one attached hydrogen (secondary N) is 2. The van der Waals surface area contributed by atoms with Crippen LogP contribution in [-0.4, -0.2) is 41.5 Å². The standard InChI is InChI=1S/C19H23FN4O2S/c20-14-6-7-17(25)16(12-14)23-19(22-13-15-4-2-11-27-15)21-8-3-10-24-9-1-5-18(24)26/h2,4,6-7,11-12,25H,1,3,5,8-10,13H2,(H2,21,22,23). The van der Waals surface area contributed by atoms with Crippen molar-refractivity contribution in [2.75, 3.05) is 25.0 Å². The zero-order chi connectivity index (χ0) is 19.1. The fourth-order valence-electron chi connectivity index (χ4n) is 2.85. The van der Waals surface area contributed by atoms with Crippen molar-refractivity contribution in [1.82, 2.24) is 10.2 Å². The molecule has 0 radical (unpaired) electrons. The van der Waals surface area contributed by atoms with Gasteiger partial charge in [0, 0.05) is 37.0 Å². The second-order valence-corrected chi connectivity index (χ2v) is 7.33. The Bertz CT molecular complexity index is 795. The molecular weight excluding hydrogens is 367 g/mol. The van der Waals surface area contributed by atoms with E-state index >= 15 is 0 Å². The van der Waals surface area contributed by atoms with Gasteiger partial charge in [-0.15, -0.1) is 11.3 Å². The predicted molar refractivity (Wildman–Crippen MR) is 106 cm³/mol. The summed E-state index contributed by atoms with van der Waals surface area (Å²) in [7, 11) is 0. The topological polar surface area (TPSA) is 77.0 Å². The van der Waals surface area contributed by atoms with Gasteiger partial charge in [-0.2, -0.15) is 0 Å². The third-order valence-corrected chi connectivity index (χ3v) is 5.11. The van der Waals surface area contributed by atoms with Crippen molar-refractivity contribution in [2.45, 2.75) is 25.8 Å². The first-order valence-electron chi connectivity index (χ1n) is 8.96. The molecule has 3 rings (SSSR count). The lowest BCUT2D eigenvalue weighted by molar-refractivity contribution is -0.127. The number of anilines is 1. The lowest BCUT2D eigenvalue weighted by atomic mass is 10.3. The minimum absolute atomic E-state index is 0.0512. The Kier molecular flexibility index (Phi) is 6.64. The summed E-state index contributed by atoms with van der Waals surface area (Å²) < 4.78 is 13.5. The molecule has 1 fully saturated rings. The number of guanidine groups is 1. The molecule has 3 N–H and O–H groups in total. The van der Waals surface area contributed by atoms with Crippen LogP contribution in [-0.2, 0) is 11.3 Å². The SMILES string of the molecule is O=C1CCCN1CCCNC(=NCc1cccs1)Nc1cc(F)ccc1O. The Morgan fingerprint density at radius 2 is 2.26 bits per heavy atom. The van der Waals surface area contributed by atoms with Gasteiger partial charge in [0.15, 0.2) is 5.96 Å². The van der Waals surface area contributed by atoms with Crippen LogP contribution in [0.4, 0.5) is 10.1 Å². The van der Waals surface area contributed by atoms with Crippen LogP contribution in [0, 0.1) is 5.82 Å². The molecule has 0 bridgehead atoms. The third-order valence-electron chi connectivity index (χ3n) is 4.25. The van der Waals surface area contributed by atoms with E-state index in [4.69, 9.17) is 0 Å². The van der Waals surface area contributed by atoms with Crippen LogP contribution in [0.25, 0.3) is 0 Å². The second kappa shape index (κ2) is 9.36. The number of phenols is 1. The number of amides is 1. The summed E-state index contributed by atoms with van der Waals surface area (Å²) in [5.74, 6) is 0.173. The first kappa shape index (κ1) is 19.2. The molecule has 0 unspecified atom stereocenters. The van der Waals surface area contributed by atoms with Crippen LogP contribution < -0.4 is 10.6 Å². The summed E-state index contributed by atoms with van der Waals surface area (Å²) in [4.78, 5) is 19.1. The fourth-order valence-corrected chi connectivity index (χ4v) is 3.48. The Morgan fingerprint density at radius 3 is 3.00 bits per heavy atom. The van der Waals surface area contributed by atoms with Gasteiger partial charge in [0.05, 0.1) is 12.2 Å². The van der Waals surface area contributed by atoms with Crippen LogP contribution in [0.1, 0.15) is 24.1 Å². The number of carbonyl (C=O) groups excluding carboxylic acids is 1. The first-order valence-corrected chi connectivity index (χ1v) is 9.84. The van der Waals surface area contributed by atoms with Crippen LogP contribution >= 0.6 is 11.3 Å². The maximum absolute atomic E-state index is 13.5. The highest BCUT2D eigenvalue weighted by atomic mass is 32.1. The molecule has 1 aromatic heterocycles. The Labute approximate surface area is 161 Å². The molecule has 1 saturated heterocycles. The predicted octanol–water partition coefficient (Wildman–Crippen LogP) is 3.16. The molecule has 0 atom stereocenters. The number of rotatable bonds is 7. The van der Waals surface area contributed by atoms with Crippen molar-refractivity contribution >= 4 is 28.9 Å². The zero-order valence-corrected chi connectivity index (χ0v) is 15.8. The number of hydrogen-bond donors (Lipinski definition) is 3. The number of phenolic OH excluding ortho intramolecular Hbond substituents is 1. The number of aromatic hydroxyl groups is 1. The summed E-state index contributed by atoms with van der Waals surface area (Å²) in [5.41, 5.74) is 0.252. The van der Waals surface area contributed by atoms with Crippen LogP contribution in [0.15, 0.2) is 40.7 Å². The van der Waals surface area contributed by atoms with Crippen LogP contribution in [0.3, 0.4) is 0 Å². The van der Waals surface area contributed by atoms with Crippen molar-refractivity contribution in [3.8, 4) is 5.75 Å². The number of hydrogen-bond acceptors (Lipinski definition) is 4. The number of nitrogens with zero attached hydrogens (tertiary/aromatic N) is 2. The minimum atomic E-state index is -0.444. The molecule has 1 amide bonds. The molecule has 2 aromatic rings. The third kappa shape index (κ3) is 5.68. The Balaban J connectivity index is 1.59. The Morgan fingerprint density at radius 1 is 1.37 bits per heavy atom. The molecule has 0 saturated carbocycles. The van der Waals surface area contributed by atoms with Crippen molar-refractivity contribution in [1.29, 1.82) is 0 Å². The Hall–Kier alpha value is -2.61. The van der Waals surface area contributed by atoms with Gasteiger partial charge in [0.1, 0.15) is 11.6 Å². The number of carbonyl (C=O) groups is 1. The largest absolute Gasteiger partial charge is 0.506 e. The van der Waals surface area contributed by atoms with E-state index in [1.165, 1.54) is 18.2 Å². The highest BCUT2D eigenvalue weighted by molar-refractivity contribution is 7.09. The van der Waals surface area contributed by atoms with Gasteiger partial charge in [-0.1, -0.05) is 6.07 Å². The first-order chi connectivity index (χ1) is 13.1. The highest BCUT2D eigenvalue weighted by Crippen LogP contribution is 2.23. The van der Waals surface area contributed by atoms with Crippen LogP contribution in [0.5, 0.6) is 5.75 Å². The summed E-state index contributed by atoms with van der Waals surface area (Å²) >= 11 is 1.61. The maximum atomic E-state index is 13.5. The summed E-state index contributed by atoms with van der Waals surface area (Å²) in [6.45, 7) is 2.62. The van der Waals surface area contributed by atoms with E-state index in [-0.39, 0.29) is 17.3 Å². The van der Waals surface area contributed by atoms with Gasteiger partial charge in [0.25, 0.3) is 0 Å². The smallest absolute Gasteiger partial charge is 0.222 e. The van der Waals surface area contributed by atoms with Gasteiger partial charge in [-0.25, -0.2) is 9.38 Å². The van der Waals surface area contributed by atoms with E-state index in [1.54, 1.807) is 11.3 Å². The minimum Gasteiger partial charge on any atom is -0.506 e. The van der Waals surface area contributed by atoms with Gasteiger partial charge in [-0.05, 0) is 36.4 Å². The molecule has 8 heteroatoms. The molecule has 0 spiro atoms. The molecule has 2 heterocycles. The van der Waals surface area contributed by atoms with Gasteiger partial charge >= 0.3 is 0 Å². The molecule has 27 heavy (non-hydrogen) atoms. The van der Waals surface area contributed by atoms with Crippen molar-refractivity contribution in [3.63, 3.8) is 0 Å². The van der Waals surface area contributed by atoms with Gasteiger partial charge in [0.2, 0.25) is 5.91 Å². The van der Waals surface area contributed by atoms with Crippen molar-refractivity contribution in [2.24, 2.45) is 4.99 Å². The maximum Gasteiger partial charge on any atom is 0.222 e. The lowest BCUT2D eigenvalue weighted by Gasteiger charge is -2.17. The van der Waals surface area contributed by atoms with E-state index in [0.29, 0.717) is 32.0 Å². The van der Waals surface area contributed by atoms with Gasteiger partial charge in [-0.3, -0.25) is 4.79 Å². The normalized spacial score (nSPS) is 14.6. The lowest BCUT2D eigenvalue weighted by Crippen LogP contribution is -2.34. The highest BCUT2D eigenvalue weighted by Gasteiger charge is 2.19. The average molecular weight is 390 g/mol. The molecule has 144 valence electrons. The summed E-state index contributed by atoms with van der Waals surface area (Å²) in [6, 6.07) is 7.67. The quantitative estimate of drug-likeness (QED) is 0.294. The number of benzene rings is 1. The summed E-state index contributed by atoms with van der Waals surface area (Å²) in [6.07, 6.45) is 2.35. The monoisotopic (exact) mass is 390 g/mol. The molecule has 6 nitrogen and oxygen atoms in total. The van der Waals surface area contributed by atoms with E-state index in [1.807, 2.05) is 22.4 Å². The molecule has 0 aliphatic carbocycles. The number of likely N-dealkylation sites (tertiary alicyclic amines) is 1. The van der Waals surface area contributed by atoms with Crippen LogP contribution in [0.2, 0.25) is 0 Å². The second-order valence-electron chi connectivity index (χ2n) is 6.30. The molecular formula is C19H23FN4O2S. The van der Waals surface area contributed by atoms with E-state index in [0.717, 1.165) is 24.3 Å². The molecule has 1 aliphatic heterocycles. The number of thiophene rings is 1. The van der Waals surface area contributed by atoms with E-state index in [9.17, 15) is 14.3 Å². The van der Waals surface area contributed by atoms with Crippen molar-refractivity contribution < 1.29 is 14.3 Å². The van der Waals surface area contributed by atoms with E-state index in [2.05, 4.69) is 15.6 Å². The number of halogens is 1.